The zero-order chi connectivity index (χ0) is 20.1. The Labute approximate surface area is 170 Å². The van der Waals surface area contributed by atoms with Crippen molar-refractivity contribution in [2.24, 2.45) is 0 Å². The molecule has 1 aromatic heterocycles. The summed E-state index contributed by atoms with van der Waals surface area (Å²) in [5.74, 6) is 0.659. The average molecular weight is 424 g/mol. The van der Waals surface area contributed by atoms with E-state index < -0.39 is 10.0 Å². The smallest absolute Gasteiger partial charge is 0.252 e. The van der Waals surface area contributed by atoms with Crippen LogP contribution in [0.1, 0.15) is 6.92 Å². The van der Waals surface area contributed by atoms with E-state index in [1.165, 1.54) is 7.05 Å². The Morgan fingerprint density at radius 1 is 1.14 bits per heavy atom. The fraction of sp³-hybridized carbons (Fsp3) is 0.421. The lowest BCUT2D eigenvalue weighted by molar-refractivity contribution is -0.131. The molecular weight excluding hydrogens is 398 g/mol. The molecule has 2 aromatic rings. The highest BCUT2D eigenvalue weighted by atomic mass is 32.2. The Morgan fingerprint density at radius 3 is 2.50 bits per heavy atom. The minimum atomic E-state index is -3.62. The number of thiophene rings is 1. The van der Waals surface area contributed by atoms with Gasteiger partial charge in [0.1, 0.15) is 9.96 Å². The average Bonchev–Trinajstić information content (AvgIpc) is 3.24. The predicted octanol–water partition coefficient (Wildman–Crippen LogP) is 2.12. The molecular formula is C19H25N3O4S2. The third-order valence-corrected chi connectivity index (χ3v) is 7.83. The molecule has 0 N–H and O–H groups in total. The maximum Gasteiger partial charge on any atom is 0.252 e. The Kier molecular flexibility index (Phi) is 6.58. The topological polar surface area (TPSA) is 70.2 Å². The first-order valence-electron chi connectivity index (χ1n) is 9.18. The van der Waals surface area contributed by atoms with Crippen molar-refractivity contribution in [3.8, 4) is 5.75 Å². The fourth-order valence-electron chi connectivity index (χ4n) is 3.13. The van der Waals surface area contributed by atoms with E-state index >= 15 is 0 Å². The molecule has 0 aliphatic carbocycles. The van der Waals surface area contributed by atoms with Crippen LogP contribution in [0.2, 0.25) is 0 Å². The quantitative estimate of drug-likeness (QED) is 0.682. The van der Waals surface area contributed by atoms with Crippen LogP contribution < -0.4 is 9.64 Å². The van der Waals surface area contributed by atoms with Gasteiger partial charge in [-0.3, -0.25) is 4.79 Å². The second-order valence-electron chi connectivity index (χ2n) is 6.46. The Balaban J connectivity index is 1.58. The molecule has 1 aromatic carbocycles. The second-order valence-corrected chi connectivity index (χ2v) is 9.68. The summed E-state index contributed by atoms with van der Waals surface area (Å²) < 4.78 is 32.1. The van der Waals surface area contributed by atoms with E-state index in [2.05, 4.69) is 4.90 Å². The lowest BCUT2D eigenvalue weighted by Gasteiger charge is -2.37. The SMILES string of the molecule is CCOc1ccccc1N1CCN(C(=O)CN(C)S(=O)(=O)c2cccs2)CC1. The van der Waals surface area contributed by atoms with E-state index in [9.17, 15) is 13.2 Å². The summed E-state index contributed by atoms with van der Waals surface area (Å²) in [6, 6.07) is 11.1. The first kappa shape index (κ1) is 20.6. The molecule has 0 spiro atoms. The minimum absolute atomic E-state index is 0.157. The summed E-state index contributed by atoms with van der Waals surface area (Å²) in [6.45, 7) is 4.84. The van der Waals surface area contributed by atoms with Crippen molar-refractivity contribution in [2.45, 2.75) is 11.1 Å². The molecule has 1 aliphatic heterocycles. The van der Waals surface area contributed by atoms with Crippen LogP contribution in [0.5, 0.6) is 5.75 Å². The Hall–Kier alpha value is -2.10. The van der Waals surface area contributed by atoms with Crippen LogP contribution >= 0.6 is 11.3 Å². The van der Waals surface area contributed by atoms with Crippen LogP contribution in [0.4, 0.5) is 5.69 Å². The first-order valence-corrected chi connectivity index (χ1v) is 11.5. The number of sulfonamides is 1. The van der Waals surface area contributed by atoms with Gasteiger partial charge in [0.2, 0.25) is 5.91 Å². The molecule has 0 bridgehead atoms. The second kappa shape index (κ2) is 8.93. The molecule has 2 heterocycles. The van der Waals surface area contributed by atoms with Crippen molar-refractivity contribution in [3.05, 3.63) is 41.8 Å². The van der Waals surface area contributed by atoms with Crippen LogP contribution in [0.25, 0.3) is 0 Å². The number of benzene rings is 1. The summed E-state index contributed by atoms with van der Waals surface area (Å²) >= 11 is 1.15. The van der Waals surface area contributed by atoms with Gasteiger partial charge in [-0.2, -0.15) is 4.31 Å². The zero-order valence-electron chi connectivity index (χ0n) is 16.1. The van der Waals surface area contributed by atoms with Gasteiger partial charge in [0.25, 0.3) is 10.0 Å². The molecule has 0 radical (unpaired) electrons. The maximum atomic E-state index is 12.6. The number of amides is 1. The Bertz CT molecular complexity index is 892. The van der Waals surface area contributed by atoms with E-state index in [1.54, 1.807) is 22.4 Å². The van der Waals surface area contributed by atoms with Crippen LogP contribution in [0.3, 0.4) is 0 Å². The number of hydrogen-bond acceptors (Lipinski definition) is 6. The number of nitrogens with zero attached hydrogens (tertiary/aromatic N) is 3. The van der Waals surface area contributed by atoms with Gasteiger partial charge in [-0.05, 0) is 30.5 Å². The summed E-state index contributed by atoms with van der Waals surface area (Å²) in [5, 5.41) is 1.71. The number of anilines is 1. The van der Waals surface area contributed by atoms with Crippen LogP contribution in [-0.4, -0.2) is 69.9 Å². The van der Waals surface area contributed by atoms with E-state index in [-0.39, 0.29) is 16.7 Å². The number of rotatable bonds is 7. The minimum Gasteiger partial charge on any atom is -0.492 e. The highest BCUT2D eigenvalue weighted by Crippen LogP contribution is 2.29. The lowest BCUT2D eigenvalue weighted by atomic mass is 10.2. The third kappa shape index (κ3) is 4.48. The van der Waals surface area contributed by atoms with Gasteiger partial charge in [-0.1, -0.05) is 18.2 Å². The van der Waals surface area contributed by atoms with Gasteiger partial charge in [0.05, 0.1) is 18.8 Å². The number of likely N-dealkylation sites (N-methyl/N-ethyl adjacent to an activating group) is 1. The summed E-state index contributed by atoms with van der Waals surface area (Å²) in [4.78, 5) is 16.5. The molecule has 28 heavy (non-hydrogen) atoms. The largest absolute Gasteiger partial charge is 0.492 e. The summed E-state index contributed by atoms with van der Waals surface area (Å²) in [5.41, 5.74) is 1.02. The number of para-hydroxylation sites is 2. The normalized spacial score (nSPS) is 15.1. The molecule has 7 nitrogen and oxygen atoms in total. The van der Waals surface area contributed by atoms with Crippen molar-refractivity contribution in [3.63, 3.8) is 0 Å². The number of ether oxygens (including phenoxy) is 1. The zero-order valence-corrected chi connectivity index (χ0v) is 17.7. The molecule has 0 unspecified atom stereocenters. The van der Waals surface area contributed by atoms with Crippen molar-refractivity contribution >= 4 is 33.0 Å². The van der Waals surface area contributed by atoms with Gasteiger partial charge in [-0.15, -0.1) is 11.3 Å². The number of carbonyl (C=O) groups is 1. The Morgan fingerprint density at radius 2 is 1.86 bits per heavy atom. The molecule has 1 amide bonds. The van der Waals surface area contributed by atoms with E-state index in [4.69, 9.17) is 4.74 Å². The van der Waals surface area contributed by atoms with Gasteiger partial charge in [0, 0.05) is 33.2 Å². The lowest BCUT2D eigenvalue weighted by Crippen LogP contribution is -2.51. The standard InChI is InChI=1S/C19H25N3O4S2/c1-3-26-17-8-5-4-7-16(17)21-10-12-22(13-11-21)18(23)15-20(2)28(24,25)19-9-6-14-27-19/h4-9,14H,3,10-13,15H2,1-2H3. The van der Waals surface area contributed by atoms with Crippen molar-refractivity contribution in [1.82, 2.24) is 9.21 Å². The van der Waals surface area contributed by atoms with Crippen molar-refractivity contribution in [2.75, 3.05) is 51.3 Å². The molecule has 1 fully saturated rings. The van der Waals surface area contributed by atoms with Crippen molar-refractivity contribution in [1.29, 1.82) is 0 Å². The van der Waals surface area contributed by atoms with Crippen molar-refractivity contribution < 1.29 is 17.9 Å². The van der Waals surface area contributed by atoms with Crippen LogP contribution in [-0.2, 0) is 14.8 Å². The number of piperazine rings is 1. The van der Waals surface area contributed by atoms with Gasteiger partial charge in [0.15, 0.2) is 0 Å². The summed E-state index contributed by atoms with van der Waals surface area (Å²) in [7, 11) is -2.17. The molecule has 0 atom stereocenters. The fourth-order valence-corrected chi connectivity index (χ4v) is 5.45. The highest BCUT2D eigenvalue weighted by molar-refractivity contribution is 7.91. The van der Waals surface area contributed by atoms with Gasteiger partial charge >= 0.3 is 0 Å². The third-order valence-electron chi connectivity index (χ3n) is 4.66. The van der Waals surface area contributed by atoms with Crippen LogP contribution in [0, 0.1) is 0 Å². The first-order chi connectivity index (χ1) is 13.4. The molecule has 0 saturated carbocycles. The molecule has 9 heteroatoms. The number of hydrogen-bond donors (Lipinski definition) is 0. The van der Waals surface area contributed by atoms with Gasteiger partial charge < -0.3 is 14.5 Å². The van der Waals surface area contributed by atoms with Gasteiger partial charge in [-0.25, -0.2) is 8.42 Å². The van der Waals surface area contributed by atoms with E-state index in [1.807, 2.05) is 31.2 Å². The number of carbonyl (C=O) groups excluding carboxylic acids is 1. The molecule has 1 saturated heterocycles. The molecule has 3 rings (SSSR count). The maximum absolute atomic E-state index is 12.6. The predicted molar refractivity (Wildman–Crippen MR) is 111 cm³/mol. The molecule has 152 valence electrons. The van der Waals surface area contributed by atoms with E-state index in [0.717, 1.165) is 27.1 Å². The monoisotopic (exact) mass is 423 g/mol. The highest BCUT2D eigenvalue weighted by Gasteiger charge is 2.28. The summed E-state index contributed by atoms with van der Waals surface area (Å²) in [6.07, 6.45) is 0. The van der Waals surface area contributed by atoms with Crippen LogP contribution in [0.15, 0.2) is 46.0 Å². The van der Waals surface area contributed by atoms with E-state index in [0.29, 0.717) is 32.8 Å². The molecule has 1 aliphatic rings.